The van der Waals surface area contributed by atoms with Gasteiger partial charge in [0.1, 0.15) is 0 Å². The fourth-order valence-corrected chi connectivity index (χ4v) is 3.79. The number of carbonyl (C=O) groups is 2. The van der Waals surface area contributed by atoms with Crippen molar-refractivity contribution in [3.63, 3.8) is 0 Å². The molecule has 2 aromatic rings. The van der Waals surface area contributed by atoms with Crippen LogP contribution in [-0.4, -0.2) is 35.6 Å². The Morgan fingerprint density at radius 2 is 2.00 bits per heavy atom. The standard InChI is InChI=1S/C20H16Cl2N2O3S/c1-3-27-19(26)13-7-4-8-14(10-13)23-20-24(2)18(25)16(28-20)11-12-6-5-9-15(21)17(12)22/h4-11H,3H2,1-2H3. The van der Waals surface area contributed by atoms with Crippen LogP contribution in [0.25, 0.3) is 6.08 Å². The van der Waals surface area contributed by atoms with Gasteiger partial charge in [0.2, 0.25) is 0 Å². The summed E-state index contributed by atoms with van der Waals surface area (Å²) in [5.74, 6) is -0.606. The molecule has 0 atom stereocenters. The van der Waals surface area contributed by atoms with Crippen molar-refractivity contribution >= 4 is 63.8 Å². The third-order valence-electron chi connectivity index (χ3n) is 3.85. The molecule has 5 nitrogen and oxygen atoms in total. The molecule has 0 spiro atoms. The van der Waals surface area contributed by atoms with Crippen LogP contribution in [0.4, 0.5) is 5.69 Å². The van der Waals surface area contributed by atoms with Gasteiger partial charge in [-0.1, -0.05) is 41.4 Å². The number of carbonyl (C=O) groups excluding carboxylic acids is 2. The second-order valence-corrected chi connectivity index (χ2v) is 7.58. The molecular formula is C20H16Cl2N2O3S. The molecule has 0 N–H and O–H groups in total. The molecule has 0 radical (unpaired) electrons. The Labute approximate surface area is 177 Å². The van der Waals surface area contributed by atoms with E-state index in [0.717, 1.165) is 0 Å². The number of rotatable bonds is 4. The van der Waals surface area contributed by atoms with Crippen LogP contribution in [0.3, 0.4) is 0 Å². The zero-order valence-corrected chi connectivity index (χ0v) is 17.4. The highest BCUT2D eigenvalue weighted by Gasteiger charge is 2.30. The van der Waals surface area contributed by atoms with Crippen LogP contribution in [0.2, 0.25) is 10.0 Å². The molecular weight excluding hydrogens is 419 g/mol. The van der Waals surface area contributed by atoms with Crippen LogP contribution in [0.15, 0.2) is 52.4 Å². The first-order valence-electron chi connectivity index (χ1n) is 8.38. The Balaban J connectivity index is 1.89. The number of likely N-dealkylation sites (N-methyl/N-ethyl adjacent to an activating group) is 1. The van der Waals surface area contributed by atoms with E-state index in [2.05, 4.69) is 4.99 Å². The molecule has 1 aliphatic rings. The topological polar surface area (TPSA) is 59.0 Å². The molecule has 0 aliphatic carbocycles. The number of thioether (sulfide) groups is 1. The first-order valence-corrected chi connectivity index (χ1v) is 9.95. The molecule has 0 saturated carbocycles. The molecule has 1 aliphatic heterocycles. The van der Waals surface area contributed by atoms with Crippen LogP contribution in [0, 0.1) is 0 Å². The lowest BCUT2D eigenvalue weighted by Crippen LogP contribution is -2.23. The monoisotopic (exact) mass is 434 g/mol. The molecule has 1 amide bonds. The van der Waals surface area contributed by atoms with Crippen LogP contribution in [0.5, 0.6) is 0 Å². The van der Waals surface area contributed by atoms with E-state index in [-0.39, 0.29) is 5.91 Å². The summed E-state index contributed by atoms with van der Waals surface area (Å²) in [6.07, 6.45) is 1.69. The van der Waals surface area contributed by atoms with E-state index in [0.29, 0.717) is 43.5 Å². The highest BCUT2D eigenvalue weighted by molar-refractivity contribution is 8.18. The van der Waals surface area contributed by atoms with Gasteiger partial charge in [0.25, 0.3) is 5.91 Å². The average molecular weight is 435 g/mol. The van der Waals surface area contributed by atoms with E-state index in [1.807, 2.05) is 0 Å². The van der Waals surface area contributed by atoms with Gasteiger partial charge in [-0.05, 0) is 54.6 Å². The third-order valence-corrected chi connectivity index (χ3v) is 5.75. The summed E-state index contributed by atoms with van der Waals surface area (Å²) in [6, 6.07) is 12.0. The Bertz CT molecular complexity index is 1000. The van der Waals surface area contributed by atoms with E-state index in [1.165, 1.54) is 16.7 Å². The molecule has 0 unspecified atom stereocenters. The fraction of sp³-hybridized carbons (Fsp3) is 0.150. The quantitative estimate of drug-likeness (QED) is 0.477. The Hall–Kier alpha value is -2.28. The lowest BCUT2D eigenvalue weighted by molar-refractivity contribution is -0.121. The summed E-state index contributed by atoms with van der Waals surface area (Å²) < 4.78 is 5.01. The van der Waals surface area contributed by atoms with Crippen LogP contribution in [-0.2, 0) is 9.53 Å². The number of nitrogens with zero attached hydrogens (tertiary/aromatic N) is 2. The second-order valence-electron chi connectivity index (χ2n) is 5.78. The van der Waals surface area contributed by atoms with Gasteiger partial charge in [-0.25, -0.2) is 9.79 Å². The normalized spacial score (nSPS) is 16.9. The number of amidine groups is 1. The maximum absolute atomic E-state index is 12.6. The molecule has 2 aromatic carbocycles. The lowest BCUT2D eigenvalue weighted by Gasteiger charge is -2.07. The first-order chi connectivity index (χ1) is 13.4. The predicted octanol–water partition coefficient (Wildman–Crippen LogP) is 5.40. The van der Waals surface area contributed by atoms with E-state index in [9.17, 15) is 9.59 Å². The smallest absolute Gasteiger partial charge is 0.338 e. The molecule has 0 aromatic heterocycles. The Morgan fingerprint density at radius 1 is 1.25 bits per heavy atom. The molecule has 1 fully saturated rings. The molecule has 28 heavy (non-hydrogen) atoms. The number of hydrogen-bond acceptors (Lipinski definition) is 5. The van der Waals surface area contributed by atoms with Crippen molar-refractivity contribution in [2.45, 2.75) is 6.92 Å². The minimum atomic E-state index is -0.413. The van der Waals surface area contributed by atoms with Crippen LogP contribution < -0.4 is 0 Å². The van der Waals surface area contributed by atoms with Gasteiger partial charge < -0.3 is 4.74 Å². The van der Waals surface area contributed by atoms with Gasteiger partial charge in [-0.3, -0.25) is 9.69 Å². The van der Waals surface area contributed by atoms with Gasteiger partial charge in [-0.15, -0.1) is 0 Å². The van der Waals surface area contributed by atoms with Crippen molar-refractivity contribution in [1.29, 1.82) is 0 Å². The Morgan fingerprint density at radius 3 is 2.75 bits per heavy atom. The summed E-state index contributed by atoms with van der Waals surface area (Å²) >= 11 is 13.5. The first kappa shape index (κ1) is 20.5. The van der Waals surface area contributed by atoms with Gasteiger partial charge in [0, 0.05) is 7.05 Å². The molecule has 0 bridgehead atoms. The number of amides is 1. The van der Waals surface area contributed by atoms with Crippen molar-refractivity contribution in [1.82, 2.24) is 4.90 Å². The maximum Gasteiger partial charge on any atom is 0.338 e. The second kappa shape index (κ2) is 8.82. The predicted molar refractivity (Wildman–Crippen MR) is 114 cm³/mol. The summed E-state index contributed by atoms with van der Waals surface area (Å²) in [5, 5.41) is 1.31. The zero-order chi connectivity index (χ0) is 20.3. The third kappa shape index (κ3) is 4.41. The summed E-state index contributed by atoms with van der Waals surface area (Å²) in [5.41, 5.74) is 1.61. The molecule has 8 heteroatoms. The van der Waals surface area contributed by atoms with Crippen molar-refractivity contribution in [2.24, 2.45) is 4.99 Å². The van der Waals surface area contributed by atoms with Gasteiger partial charge in [0.15, 0.2) is 5.17 Å². The number of ether oxygens (including phenoxy) is 1. The minimum Gasteiger partial charge on any atom is -0.462 e. The summed E-state index contributed by atoms with van der Waals surface area (Å²) in [6.45, 7) is 2.04. The molecule has 1 saturated heterocycles. The summed E-state index contributed by atoms with van der Waals surface area (Å²) in [7, 11) is 1.64. The van der Waals surface area contributed by atoms with Crippen molar-refractivity contribution in [3.05, 3.63) is 68.5 Å². The molecule has 3 rings (SSSR count). The van der Waals surface area contributed by atoms with E-state index in [1.54, 1.807) is 62.5 Å². The minimum absolute atomic E-state index is 0.193. The molecule has 144 valence electrons. The number of esters is 1. The fourth-order valence-electron chi connectivity index (χ4n) is 2.45. The highest BCUT2D eigenvalue weighted by Crippen LogP contribution is 2.35. The number of aliphatic imine (C=N–C) groups is 1. The summed E-state index contributed by atoms with van der Waals surface area (Å²) in [4.78, 5) is 30.9. The number of hydrogen-bond donors (Lipinski definition) is 0. The highest BCUT2D eigenvalue weighted by atomic mass is 35.5. The molecule has 1 heterocycles. The van der Waals surface area contributed by atoms with Crippen molar-refractivity contribution in [3.8, 4) is 0 Å². The van der Waals surface area contributed by atoms with Crippen LogP contribution >= 0.6 is 35.0 Å². The average Bonchev–Trinajstić information content (AvgIpc) is 2.94. The number of benzene rings is 2. The zero-order valence-electron chi connectivity index (χ0n) is 15.1. The van der Waals surface area contributed by atoms with Crippen molar-refractivity contribution < 1.29 is 14.3 Å². The maximum atomic E-state index is 12.6. The lowest BCUT2D eigenvalue weighted by atomic mass is 10.2. The number of halogens is 2. The van der Waals surface area contributed by atoms with Gasteiger partial charge in [-0.2, -0.15) is 0 Å². The van der Waals surface area contributed by atoms with Gasteiger partial charge >= 0.3 is 5.97 Å². The van der Waals surface area contributed by atoms with Gasteiger partial charge in [0.05, 0.1) is 32.8 Å². The Kier molecular flexibility index (Phi) is 6.44. The SMILES string of the molecule is CCOC(=O)c1cccc(N=C2SC(=Cc3cccc(Cl)c3Cl)C(=O)N2C)c1. The van der Waals surface area contributed by atoms with E-state index in [4.69, 9.17) is 27.9 Å². The van der Waals surface area contributed by atoms with E-state index >= 15 is 0 Å². The van der Waals surface area contributed by atoms with Crippen molar-refractivity contribution in [2.75, 3.05) is 13.7 Å². The van der Waals surface area contributed by atoms with E-state index < -0.39 is 5.97 Å². The van der Waals surface area contributed by atoms with Crippen LogP contribution in [0.1, 0.15) is 22.8 Å². The largest absolute Gasteiger partial charge is 0.462 e.